The number of fused-ring (bicyclic) bond motifs is 2. The van der Waals surface area contributed by atoms with Crippen LogP contribution in [0.2, 0.25) is 0 Å². The van der Waals surface area contributed by atoms with Gasteiger partial charge >= 0.3 is 0 Å². The van der Waals surface area contributed by atoms with E-state index in [0.717, 1.165) is 0 Å². The van der Waals surface area contributed by atoms with Crippen molar-refractivity contribution in [2.45, 2.75) is 0 Å². The molecular formula is C38H26. The van der Waals surface area contributed by atoms with Gasteiger partial charge in [0.2, 0.25) is 0 Å². The van der Waals surface area contributed by atoms with Crippen LogP contribution in [0, 0.1) is 0 Å². The van der Waals surface area contributed by atoms with Crippen LogP contribution in [0.15, 0.2) is 158 Å². The fourth-order valence-corrected chi connectivity index (χ4v) is 5.77. The predicted octanol–water partition coefficient (Wildman–Crippen LogP) is 10.7. The largest absolute Gasteiger partial charge is 0.0622 e. The monoisotopic (exact) mass is 482 g/mol. The van der Waals surface area contributed by atoms with Gasteiger partial charge in [-0.1, -0.05) is 146 Å². The summed E-state index contributed by atoms with van der Waals surface area (Å²) in [4.78, 5) is 0. The zero-order valence-electron chi connectivity index (χ0n) is 21.0. The molecular weight excluding hydrogens is 456 g/mol. The van der Waals surface area contributed by atoms with Crippen molar-refractivity contribution >= 4 is 21.5 Å². The molecule has 0 atom stereocenters. The maximum Gasteiger partial charge on any atom is -0.00261 e. The second-order valence-electron chi connectivity index (χ2n) is 9.70. The van der Waals surface area contributed by atoms with Crippen LogP contribution in [0.1, 0.15) is 0 Å². The maximum absolute atomic E-state index is 2.42. The molecule has 0 N–H and O–H groups in total. The van der Waals surface area contributed by atoms with Gasteiger partial charge in [0.05, 0.1) is 0 Å². The third-order valence-corrected chi connectivity index (χ3v) is 7.46. The molecule has 0 aromatic heterocycles. The molecule has 0 spiro atoms. The van der Waals surface area contributed by atoms with Gasteiger partial charge in [-0.2, -0.15) is 0 Å². The third kappa shape index (κ3) is 3.79. The van der Waals surface area contributed by atoms with E-state index in [9.17, 15) is 0 Å². The Morgan fingerprint density at radius 3 is 0.868 bits per heavy atom. The highest BCUT2D eigenvalue weighted by Crippen LogP contribution is 2.47. The van der Waals surface area contributed by atoms with Crippen molar-refractivity contribution in [2.75, 3.05) is 0 Å². The zero-order chi connectivity index (χ0) is 25.3. The Hall–Kier alpha value is -4.94. The molecule has 0 saturated heterocycles. The Morgan fingerprint density at radius 2 is 0.526 bits per heavy atom. The topological polar surface area (TPSA) is 0 Å². The lowest BCUT2D eigenvalue weighted by atomic mass is 9.82. The molecule has 178 valence electrons. The summed E-state index contributed by atoms with van der Waals surface area (Å²) in [6, 6.07) is 56.9. The van der Waals surface area contributed by atoms with Crippen LogP contribution in [0.3, 0.4) is 0 Å². The minimum Gasteiger partial charge on any atom is -0.0622 e. The van der Waals surface area contributed by atoms with Gasteiger partial charge in [-0.3, -0.25) is 0 Å². The minimum absolute atomic E-state index is 1.22. The highest BCUT2D eigenvalue weighted by atomic mass is 14.2. The average Bonchev–Trinajstić information content (AvgIpc) is 3.01. The Kier molecular flexibility index (Phi) is 5.57. The van der Waals surface area contributed by atoms with Crippen LogP contribution in [-0.4, -0.2) is 0 Å². The molecule has 0 amide bonds. The van der Waals surface area contributed by atoms with Crippen LogP contribution in [0.25, 0.3) is 66.1 Å². The Bertz CT molecular complexity index is 1730. The summed E-state index contributed by atoms with van der Waals surface area (Å²) in [5.74, 6) is 0. The first kappa shape index (κ1) is 22.3. The molecule has 7 aromatic carbocycles. The van der Waals surface area contributed by atoms with E-state index in [4.69, 9.17) is 0 Å². The lowest BCUT2D eigenvalue weighted by molar-refractivity contribution is 1.60. The van der Waals surface area contributed by atoms with Crippen molar-refractivity contribution in [2.24, 2.45) is 0 Å². The van der Waals surface area contributed by atoms with Crippen LogP contribution < -0.4 is 0 Å². The summed E-state index contributed by atoms with van der Waals surface area (Å²) >= 11 is 0. The van der Waals surface area contributed by atoms with Crippen LogP contribution in [0.4, 0.5) is 0 Å². The highest BCUT2D eigenvalue weighted by molar-refractivity contribution is 6.23. The minimum atomic E-state index is 1.22. The molecule has 0 saturated carbocycles. The second-order valence-corrected chi connectivity index (χ2v) is 9.70. The van der Waals surface area contributed by atoms with Crippen LogP contribution >= 0.6 is 0 Å². The molecule has 0 aliphatic carbocycles. The summed E-state index contributed by atoms with van der Waals surface area (Å²) in [7, 11) is 0. The van der Waals surface area contributed by atoms with Crippen molar-refractivity contribution in [1.82, 2.24) is 0 Å². The van der Waals surface area contributed by atoms with E-state index in [-0.39, 0.29) is 0 Å². The number of hydrogen-bond acceptors (Lipinski definition) is 0. The fourth-order valence-electron chi connectivity index (χ4n) is 5.77. The van der Waals surface area contributed by atoms with Crippen molar-refractivity contribution < 1.29 is 0 Å². The van der Waals surface area contributed by atoms with Crippen LogP contribution in [0.5, 0.6) is 0 Å². The fraction of sp³-hybridized carbons (Fsp3) is 0. The quantitative estimate of drug-likeness (QED) is 0.219. The van der Waals surface area contributed by atoms with Crippen molar-refractivity contribution in [3.8, 4) is 44.5 Å². The van der Waals surface area contributed by atoms with Gasteiger partial charge in [0.1, 0.15) is 0 Å². The molecule has 0 radical (unpaired) electrons. The first-order chi connectivity index (χ1) is 18.9. The van der Waals surface area contributed by atoms with Gasteiger partial charge in [-0.05, 0) is 78.2 Å². The van der Waals surface area contributed by atoms with Crippen LogP contribution in [-0.2, 0) is 0 Å². The zero-order valence-corrected chi connectivity index (χ0v) is 21.0. The summed E-state index contributed by atoms with van der Waals surface area (Å²) in [6.07, 6.45) is 0. The van der Waals surface area contributed by atoms with Crippen molar-refractivity contribution in [3.63, 3.8) is 0 Å². The molecule has 0 nitrogen and oxygen atoms in total. The molecule has 0 heterocycles. The van der Waals surface area contributed by atoms with Crippen molar-refractivity contribution in [3.05, 3.63) is 158 Å². The van der Waals surface area contributed by atoms with E-state index in [1.54, 1.807) is 0 Å². The maximum atomic E-state index is 2.42. The normalized spacial score (nSPS) is 11.2. The van der Waals surface area contributed by atoms with E-state index in [1.165, 1.54) is 66.1 Å². The Morgan fingerprint density at radius 1 is 0.237 bits per heavy atom. The van der Waals surface area contributed by atoms with Gasteiger partial charge in [0.15, 0.2) is 0 Å². The molecule has 0 aliphatic rings. The molecule has 7 rings (SSSR count). The van der Waals surface area contributed by atoms with Gasteiger partial charge in [0.25, 0.3) is 0 Å². The predicted molar refractivity (Wildman–Crippen MR) is 163 cm³/mol. The Labute approximate surface area is 223 Å². The molecule has 0 heteroatoms. The highest BCUT2D eigenvalue weighted by Gasteiger charge is 2.19. The van der Waals surface area contributed by atoms with E-state index in [0.29, 0.717) is 0 Å². The summed E-state index contributed by atoms with van der Waals surface area (Å²) in [6.45, 7) is 0. The number of benzene rings is 7. The standard InChI is InChI=1S/C38H26/c1-5-15-27(16-6-1)33-25-35-36(26-34(33)28-17-7-2-8-18-28)38(30-21-11-4-12-22-30)32-24-14-13-23-31(32)37(35)29-19-9-3-10-20-29/h1-26H. The smallest absolute Gasteiger partial charge is 0.00261 e. The van der Waals surface area contributed by atoms with Gasteiger partial charge in [0, 0.05) is 0 Å². The van der Waals surface area contributed by atoms with Crippen molar-refractivity contribution in [1.29, 1.82) is 0 Å². The van der Waals surface area contributed by atoms with E-state index in [2.05, 4.69) is 158 Å². The molecule has 0 unspecified atom stereocenters. The molecule has 38 heavy (non-hydrogen) atoms. The first-order valence-electron chi connectivity index (χ1n) is 13.1. The van der Waals surface area contributed by atoms with Gasteiger partial charge in [-0.15, -0.1) is 0 Å². The average molecular weight is 483 g/mol. The number of hydrogen-bond donors (Lipinski definition) is 0. The van der Waals surface area contributed by atoms with E-state index in [1.807, 2.05) is 0 Å². The molecule has 0 fully saturated rings. The summed E-state index contributed by atoms with van der Waals surface area (Å²) in [5, 5.41) is 5.09. The first-order valence-corrected chi connectivity index (χ1v) is 13.1. The summed E-state index contributed by atoms with van der Waals surface area (Å²) < 4.78 is 0. The SMILES string of the molecule is c1ccc(-c2cc3c(-c4ccccc4)c4ccccc4c(-c4ccccc4)c3cc2-c2ccccc2)cc1. The van der Waals surface area contributed by atoms with Gasteiger partial charge in [-0.25, -0.2) is 0 Å². The molecule has 0 bridgehead atoms. The molecule has 0 aliphatic heterocycles. The van der Waals surface area contributed by atoms with Gasteiger partial charge < -0.3 is 0 Å². The van der Waals surface area contributed by atoms with E-state index >= 15 is 0 Å². The Balaban J connectivity index is 1.72. The lowest BCUT2D eigenvalue weighted by Crippen LogP contribution is -1.94. The second kappa shape index (κ2) is 9.50. The summed E-state index contributed by atoms with van der Waals surface area (Å²) in [5.41, 5.74) is 9.98. The third-order valence-electron chi connectivity index (χ3n) is 7.46. The number of rotatable bonds is 4. The lowest BCUT2D eigenvalue weighted by Gasteiger charge is -2.21. The molecule has 7 aromatic rings. The van der Waals surface area contributed by atoms with E-state index < -0.39 is 0 Å².